The van der Waals surface area contributed by atoms with E-state index in [-0.39, 0.29) is 30.3 Å². The van der Waals surface area contributed by atoms with Gasteiger partial charge >= 0.3 is 0 Å². The van der Waals surface area contributed by atoms with Crippen LogP contribution in [0.2, 0.25) is 5.02 Å². The molecule has 2 aromatic carbocycles. The van der Waals surface area contributed by atoms with E-state index in [2.05, 4.69) is 24.5 Å². The molecule has 1 aliphatic carbocycles. The third-order valence-electron chi connectivity index (χ3n) is 9.54. The maximum atomic E-state index is 14.2. The van der Waals surface area contributed by atoms with Crippen LogP contribution in [0.4, 0.5) is 5.69 Å². The number of ether oxygens (including phenoxy) is 1. The highest BCUT2D eigenvalue weighted by atomic mass is 35.5. The molecule has 2 saturated heterocycles. The summed E-state index contributed by atoms with van der Waals surface area (Å²) >= 11 is 6.01. The molecule has 3 amide bonds. The number of hydrogen-bond acceptors (Lipinski definition) is 4. The van der Waals surface area contributed by atoms with Crippen LogP contribution < -0.4 is 10.6 Å². The number of rotatable bonds is 6. The van der Waals surface area contributed by atoms with E-state index in [4.69, 9.17) is 16.3 Å². The molecule has 3 heterocycles. The van der Waals surface area contributed by atoms with Gasteiger partial charge in [-0.2, -0.15) is 0 Å². The quantitative estimate of drug-likeness (QED) is 0.492. The molecule has 6 rings (SSSR count). The predicted octanol–water partition coefficient (Wildman–Crippen LogP) is 4.88. The smallest absolute Gasteiger partial charge is 0.246 e. The van der Waals surface area contributed by atoms with Crippen LogP contribution in [0.25, 0.3) is 0 Å². The first kappa shape index (κ1) is 27.0. The molecule has 2 N–H and O–H groups in total. The fourth-order valence-corrected chi connectivity index (χ4v) is 7.26. The molecule has 210 valence electrons. The van der Waals surface area contributed by atoms with Crippen molar-refractivity contribution in [3.8, 4) is 0 Å². The van der Waals surface area contributed by atoms with Crippen molar-refractivity contribution in [2.45, 2.75) is 70.4 Å². The van der Waals surface area contributed by atoms with E-state index in [1.54, 1.807) is 29.2 Å². The van der Waals surface area contributed by atoms with Crippen LogP contribution in [0.3, 0.4) is 0 Å². The van der Waals surface area contributed by atoms with E-state index in [0.717, 1.165) is 30.4 Å². The number of likely N-dealkylation sites (tertiary alicyclic amines) is 1. The molecule has 8 heteroatoms. The molecule has 8 atom stereocenters. The molecule has 2 bridgehead atoms. The van der Waals surface area contributed by atoms with Gasteiger partial charge in [-0.05, 0) is 55.0 Å². The number of amides is 3. The van der Waals surface area contributed by atoms with Crippen LogP contribution in [-0.4, -0.2) is 46.4 Å². The van der Waals surface area contributed by atoms with Crippen molar-refractivity contribution in [3.05, 3.63) is 76.8 Å². The Morgan fingerprint density at radius 1 is 1.05 bits per heavy atom. The molecule has 40 heavy (non-hydrogen) atoms. The highest BCUT2D eigenvalue weighted by Gasteiger charge is 2.72. The zero-order chi connectivity index (χ0) is 28.2. The average Bonchev–Trinajstić information content (AvgIpc) is 3.57. The van der Waals surface area contributed by atoms with Gasteiger partial charge < -0.3 is 20.3 Å². The number of halogens is 1. The van der Waals surface area contributed by atoms with E-state index < -0.39 is 29.6 Å². The Labute approximate surface area is 240 Å². The van der Waals surface area contributed by atoms with Gasteiger partial charge in [0.15, 0.2) is 0 Å². The van der Waals surface area contributed by atoms with Gasteiger partial charge in [0, 0.05) is 23.3 Å². The normalized spacial score (nSPS) is 34.1. The molecule has 0 radical (unpaired) electrons. The summed E-state index contributed by atoms with van der Waals surface area (Å²) in [6.07, 6.45) is 6.25. The Morgan fingerprint density at radius 2 is 1.77 bits per heavy atom. The zero-order valence-corrected chi connectivity index (χ0v) is 23.9. The second kappa shape index (κ2) is 10.3. The minimum Gasteiger partial charge on any atom is -0.359 e. The Hall–Kier alpha value is -3.16. The monoisotopic (exact) mass is 561 g/mol. The first-order valence-electron chi connectivity index (χ1n) is 14.3. The summed E-state index contributed by atoms with van der Waals surface area (Å²) in [6.45, 7) is 6.70. The van der Waals surface area contributed by atoms with Crippen molar-refractivity contribution in [3.63, 3.8) is 0 Å². The number of nitrogens with zero attached hydrogens (tertiary/aromatic N) is 1. The van der Waals surface area contributed by atoms with E-state index >= 15 is 0 Å². The average molecular weight is 562 g/mol. The number of nitrogens with one attached hydrogen (secondary N) is 2. The Bertz CT molecular complexity index is 1340. The molecule has 7 nitrogen and oxygen atoms in total. The summed E-state index contributed by atoms with van der Waals surface area (Å²) in [5, 5.41) is 6.81. The van der Waals surface area contributed by atoms with Crippen molar-refractivity contribution in [1.82, 2.24) is 10.2 Å². The van der Waals surface area contributed by atoms with Gasteiger partial charge in [0.05, 0.1) is 17.9 Å². The lowest BCUT2D eigenvalue weighted by molar-refractivity contribution is -0.142. The van der Waals surface area contributed by atoms with E-state index in [0.29, 0.717) is 22.5 Å². The first-order chi connectivity index (χ1) is 19.2. The lowest BCUT2D eigenvalue weighted by Gasteiger charge is -2.38. The highest BCUT2D eigenvalue weighted by Crippen LogP contribution is 2.55. The number of fused-ring (bicyclic) bond motifs is 1. The molecule has 0 aromatic heterocycles. The molecule has 3 aliphatic heterocycles. The van der Waals surface area contributed by atoms with Gasteiger partial charge in [-0.15, -0.1) is 0 Å². The lowest BCUT2D eigenvalue weighted by Crippen LogP contribution is -2.57. The Morgan fingerprint density at radius 3 is 2.50 bits per heavy atom. The molecule has 1 spiro atoms. The number of benzene rings is 2. The van der Waals surface area contributed by atoms with E-state index in [1.165, 1.54) is 0 Å². The van der Waals surface area contributed by atoms with Gasteiger partial charge in [0.2, 0.25) is 17.7 Å². The predicted molar refractivity (Wildman–Crippen MR) is 153 cm³/mol. The van der Waals surface area contributed by atoms with Gasteiger partial charge in [0.1, 0.15) is 11.6 Å². The fourth-order valence-electron chi connectivity index (χ4n) is 7.13. The zero-order valence-electron chi connectivity index (χ0n) is 23.1. The summed E-state index contributed by atoms with van der Waals surface area (Å²) < 4.78 is 6.49. The summed E-state index contributed by atoms with van der Waals surface area (Å²) in [7, 11) is 0. The molecular formula is C32H36ClN3O4. The lowest BCUT2D eigenvalue weighted by atomic mass is 9.73. The summed E-state index contributed by atoms with van der Waals surface area (Å²) in [5.41, 5.74) is 1.44. The standard InChI is InChI=1S/C32H36ClN3O4/c1-18-7-9-21(10-8-18)17-36-28(30(38)35-24-6-4-5-19(2)20(24)3)32-16-15-25(40-32)26(27(32)31(36)39)29(37)34-23-13-11-22(33)12-14-23/h7-16,19-20,24-28H,4-6,17H2,1-3H3,(H,34,37)(H,35,38)/t19?,20?,24?,25-,26?,27-,28?,32?/m1/s1. The molecular weight excluding hydrogens is 526 g/mol. The molecule has 2 aromatic rings. The van der Waals surface area contributed by atoms with Crippen LogP contribution in [-0.2, 0) is 25.7 Å². The van der Waals surface area contributed by atoms with Crippen molar-refractivity contribution in [1.29, 1.82) is 0 Å². The summed E-state index contributed by atoms with van der Waals surface area (Å²) in [5.74, 6) is -1.44. The Balaban J connectivity index is 1.32. The minimum absolute atomic E-state index is 0.0367. The van der Waals surface area contributed by atoms with Crippen LogP contribution >= 0.6 is 11.6 Å². The van der Waals surface area contributed by atoms with E-state index in [9.17, 15) is 14.4 Å². The third kappa shape index (κ3) is 4.53. The van der Waals surface area contributed by atoms with Crippen molar-refractivity contribution in [2.24, 2.45) is 23.7 Å². The largest absolute Gasteiger partial charge is 0.359 e. The number of hydrogen-bond donors (Lipinski definition) is 2. The van der Waals surface area contributed by atoms with Crippen LogP contribution in [0.15, 0.2) is 60.7 Å². The Kier molecular flexibility index (Phi) is 6.99. The number of carbonyl (C=O) groups excluding carboxylic acids is 3. The summed E-state index contributed by atoms with van der Waals surface area (Å²) in [6, 6.07) is 14.0. The molecule has 6 unspecified atom stereocenters. The maximum absolute atomic E-state index is 14.2. The van der Waals surface area contributed by atoms with Crippen LogP contribution in [0, 0.1) is 30.6 Å². The summed E-state index contributed by atoms with van der Waals surface area (Å²) in [4.78, 5) is 43.6. The third-order valence-corrected chi connectivity index (χ3v) is 9.80. The van der Waals surface area contributed by atoms with Crippen molar-refractivity contribution in [2.75, 3.05) is 5.32 Å². The first-order valence-corrected chi connectivity index (χ1v) is 14.7. The molecule has 3 fully saturated rings. The molecule has 1 saturated carbocycles. The van der Waals surface area contributed by atoms with Gasteiger partial charge in [-0.1, -0.05) is 80.3 Å². The number of carbonyl (C=O) groups is 3. The van der Waals surface area contributed by atoms with E-state index in [1.807, 2.05) is 43.3 Å². The van der Waals surface area contributed by atoms with Crippen molar-refractivity contribution < 1.29 is 19.1 Å². The maximum Gasteiger partial charge on any atom is 0.246 e. The van der Waals surface area contributed by atoms with Gasteiger partial charge in [-0.3, -0.25) is 14.4 Å². The van der Waals surface area contributed by atoms with Gasteiger partial charge in [0.25, 0.3) is 0 Å². The second-order valence-electron chi connectivity index (χ2n) is 12.0. The topological polar surface area (TPSA) is 87.7 Å². The highest BCUT2D eigenvalue weighted by molar-refractivity contribution is 6.30. The van der Waals surface area contributed by atoms with Crippen LogP contribution in [0.1, 0.15) is 44.2 Å². The van der Waals surface area contributed by atoms with Crippen LogP contribution in [0.5, 0.6) is 0 Å². The fraction of sp³-hybridized carbons (Fsp3) is 0.469. The van der Waals surface area contributed by atoms with Crippen molar-refractivity contribution >= 4 is 35.0 Å². The van der Waals surface area contributed by atoms with Gasteiger partial charge in [-0.25, -0.2) is 0 Å². The second-order valence-corrected chi connectivity index (χ2v) is 12.5. The SMILES string of the molecule is Cc1ccc(CN2C(=O)[C@H]3C(C(=O)Nc4ccc(Cl)cc4)[C@H]4C=CC3(O4)C2C(=O)NC2CCCC(C)C2C)cc1. The molecule has 4 aliphatic rings. The minimum atomic E-state index is -1.19. The number of anilines is 1. The number of aryl methyl sites for hydroxylation is 1.